The quantitative estimate of drug-likeness (QED) is 0.165. The van der Waals surface area contributed by atoms with Gasteiger partial charge in [0.15, 0.2) is 0 Å². The number of amides is 3. The second-order valence-electron chi connectivity index (χ2n) is 15.7. The third-order valence-corrected chi connectivity index (χ3v) is 11.4. The molecule has 4 aromatic rings. The van der Waals surface area contributed by atoms with Gasteiger partial charge in [-0.05, 0) is 64.3 Å². The molecule has 270 valence electrons. The average Bonchev–Trinajstić information content (AvgIpc) is 3.59. The Morgan fingerprint density at radius 3 is 2.27 bits per heavy atom. The first-order chi connectivity index (χ1) is 25.0. The topological polar surface area (TPSA) is 132 Å². The Kier molecular flexibility index (Phi) is 10.4. The molecule has 2 heterocycles. The molecular formula is C41H48BN5O5. The summed E-state index contributed by atoms with van der Waals surface area (Å²) in [5.41, 5.74) is 2.07. The van der Waals surface area contributed by atoms with Gasteiger partial charge in [0, 0.05) is 25.2 Å². The van der Waals surface area contributed by atoms with Gasteiger partial charge in [0.25, 0.3) is 5.91 Å². The molecule has 4 aliphatic rings. The number of rotatable bonds is 13. The smallest absolute Gasteiger partial charge is 0.404 e. The first kappa shape index (κ1) is 35.8. The van der Waals surface area contributed by atoms with Crippen LogP contribution in [0.5, 0.6) is 0 Å². The van der Waals surface area contributed by atoms with Crippen LogP contribution in [-0.4, -0.2) is 65.0 Å². The molecule has 3 amide bonds. The SMILES string of the molecule is CC(C)C[C@@H](NC(=O)[C@H](Cc1ccccc1)NC(=O)[C@H](Cc1ccc2ccccc2c1)NC(=O)c1cnccn1)B1O[C@@H]2[C@@H](C[C@H]3C[C@@H]2C3(C)C)O1. The van der Waals surface area contributed by atoms with Gasteiger partial charge in [-0.25, -0.2) is 4.98 Å². The van der Waals surface area contributed by atoms with Crippen molar-refractivity contribution >= 4 is 35.6 Å². The Morgan fingerprint density at radius 1 is 0.827 bits per heavy atom. The van der Waals surface area contributed by atoms with E-state index < -0.39 is 37.0 Å². The van der Waals surface area contributed by atoms with Crippen molar-refractivity contribution in [1.82, 2.24) is 25.9 Å². The van der Waals surface area contributed by atoms with Crippen molar-refractivity contribution < 1.29 is 23.7 Å². The van der Waals surface area contributed by atoms with E-state index in [0.717, 1.165) is 34.7 Å². The zero-order chi connectivity index (χ0) is 36.4. The predicted molar refractivity (Wildman–Crippen MR) is 200 cm³/mol. The van der Waals surface area contributed by atoms with E-state index in [2.05, 4.69) is 53.6 Å². The van der Waals surface area contributed by atoms with Gasteiger partial charge in [-0.1, -0.05) is 100 Å². The van der Waals surface area contributed by atoms with Gasteiger partial charge in [0.2, 0.25) is 11.8 Å². The Morgan fingerprint density at radius 2 is 1.54 bits per heavy atom. The molecule has 3 N–H and O–H groups in total. The van der Waals surface area contributed by atoms with Crippen LogP contribution < -0.4 is 16.0 Å². The Bertz CT molecular complexity index is 1890. The summed E-state index contributed by atoms with van der Waals surface area (Å²) in [5.74, 6) is -0.427. The molecule has 3 saturated carbocycles. The van der Waals surface area contributed by atoms with Crippen molar-refractivity contribution in [2.24, 2.45) is 23.2 Å². The van der Waals surface area contributed by atoms with Crippen molar-refractivity contribution in [3.8, 4) is 0 Å². The lowest BCUT2D eigenvalue weighted by Gasteiger charge is -2.60. The molecule has 52 heavy (non-hydrogen) atoms. The number of carbonyl (C=O) groups is 3. The van der Waals surface area contributed by atoms with Crippen LogP contribution >= 0.6 is 0 Å². The average molecular weight is 702 g/mol. The van der Waals surface area contributed by atoms with Crippen molar-refractivity contribution in [2.45, 2.75) is 90.0 Å². The number of nitrogens with one attached hydrogen (secondary N) is 3. The molecular weight excluding hydrogens is 653 g/mol. The second kappa shape index (κ2) is 15.2. The second-order valence-corrected chi connectivity index (χ2v) is 15.7. The zero-order valence-corrected chi connectivity index (χ0v) is 30.3. The van der Waals surface area contributed by atoms with Crippen LogP contribution in [0.15, 0.2) is 91.4 Å². The predicted octanol–water partition coefficient (Wildman–Crippen LogP) is 5.11. The molecule has 3 aromatic carbocycles. The maximum Gasteiger partial charge on any atom is 0.481 e. The molecule has 11 heteroatoms. The number of nitrogens with zero attached hydrogens (tertiary/aromatic N) is 2. The van der Waals surface area contributed by atoms with Crippen LogP contribution in [-0.2, 0) is 31.7 Å². The Labute approximate surface area is 306 Å². The minimum atomic E-state index is -1.01. The van der Waals surface area contributed by atoms with E-state index >= 15 is 0 Å². The Balaban J connectivity index is 1.12. The summed E-state index contributed by atoms with van der Waals surface area (Å²) in [6.07, 6.45) is 7.54. The van der Waals surface area contributed by atoms with E-state index in [1.54, 1.807) is 0 Å². The van der Waals surface area contributed by atoms with E-state index in [0.29, 0.717) is 18.3 Å². The normalized spacial score (nSPS) is 23.2. The third-order valence-electron chi connectivity index (χ3n) is 11.4. The van der Waals surface area contributed by atoms with Crippen LogP contribution in [0.25, 0.3) is 10.8 Å². The lowest BCUT2D eigenvalue weighted by atomic mass is 9.47. The lowest BCUT2D eigenvalue weighted by Crippen LogP contribution is -2.59. The lowest BCUT2D eigenvalue weighted by molar-refractivity contribution is -0.150. The van der Waals surface area contributed by atoms with Gasteiger partial charge in [-0.2, -0.15) is 0 Å². The van der Waals surface area contributed by atoms with Crippen LogP contribution in [0.1, 0.15) is 68.6 Å². The number of aromatic nitrogens is 2. The fraction of sp³-hybridized carbons (Fsp3) is 0.439. The highest BCUT2D eigenvalue weighted by Gasteiger charge is 2.62. The molecule has 0 unspecified atom stereocenters. The van der Waals surface area contributed by atoms with E-state index in [1.165, 1.54) is 18.6 Å². The molecule has 0 radical (unpaired) electrons. The molecule has 0 spiro atoms. The number of hydrogen-bond acceptors (Lipinski definition) is 7. The molecule has 1 aliphatic heterocycles. The monoisotopic (exact) mass is 701 g/mol. The largest absolute Gasteiger partial charge is 0.481 e. The summed E-state index contributed by atoms with van der Waals surface area (Å²) in [6, 6.07) is 21.6. The van der Waals surface area contributed by atoms with E-state index in [4.69, 9.17) is 9.31 Å². The first-order valence-corrected chi connectivity index (χ1v) is 18.5. The van der Waals surface area contributed by atoms with Crippen LogP contribution in [0.2, 0.25) is 0 Å². The number of hydrogen-bond donors (Lipinski definition) is 3. The Hall–Kier alpha value is -4.61. The molecule has 4 fully saturated rings. The van der Waals surface area contributed by atoms with Crippen LogP contribution in [0.4, 0.5) is 0 Å². The number of fused-ring (bicyclic) bond motifs is 1. The summed E-state index contributed by atoms with van der Waals surface area (Å²) < 4.78 is 13.2. The minimum absolute atomic E-state index is 0.0187. The van der Waals surface area contributed by atoms with E-state index in [-0.39, 0.29) is 48.0 Å². The van der Waals surface area contributed by atoms with Gasteiger partial charge in [-0.15, -0.1) is 0 Å². The summed E-state index contributed by atoms with van der Waals surface area (Å²) in [6.45, 7) is 8.88. The summed E-state index contributed by atoms with van der Waals surface area (Å²) in [7, 11) is -0.573. The van der Waals surface area contributed by atoms with Gasteiger partial charge >= 0.3 is 7.12 Å². The highest BCUT2D eigenvalue weighted by Crippen LogP contribution is 2.61. The van der Waals surface area contributed by atoms with Crippen molar-refractivity contribution in [1.29, 1.82) is 0 Å². The van der Waals surface area contributed by atoms with E-state index in [1.807, 2.05) is 72.8 Å². The van der Waals surface area contributed by atoms with Crippen molar-refractivity contribution in [3.05, 3.63) is 108 Å². The standard InChI is InChI=1S/C41H48BN5O5/c1-25(2)18-36(42-51-35-23-30-22-31(37(35)52-42)41(30,3)4)47-39(49)32(20-26-10-6-5-7-11-26)45-38(48)33(46-40(50)34-24-43-16-17-44-34)21-27-14-15-28-12-8-9-13-29(28)19-27/h5-17,19,24-25,30-33,35-37H,18,20-23H2,1-4H3,(H,45,48)(H,46,50)(H,47,49)/t30-,31+,32+,33+,35-,36-,37+/m1/s1. The molecule has 1 saturated heterocycles. The third kappa shape index (κ3) is 7.76. The van der Waals surface area contributed by atoms with Gasteiger partial charge in [0.05, 0.1) is 24.3 Å². The van der Waals surface area contributed by atoms with Gasteiger partial charge in [-0.3, -0.25) is 19.4 Å². The number of carbonyl (C=O) groups excluding carboxylic acids is 3. The molecule has 10 nitrogen and oxygen atoms in total. The molecule has 7 atom stereocenters. The van der Waals surface area contributed by atoms with E-state index in [9.17, 15) is 14.4 Å². The van der Waals surface area contributed by atoms with Gasteiger partial charge in [0.1, 0.15) is 17.8 Å². The minimum Gasteiger partial charge on any atom is -0.404 e. The molecule has 1 aromatic heterocycles. The summed E-state index contributed by atoms with van der Waals surface area (Å²) >= 11 is 0. The molecule has 3 aliphatic carbocycles. The van der Waals surface area contributed by atoms with Gasteiger partial charge < -0.3 is 25.3 Å². The fourth-order valence-corrected chi connectivity index (χ4v) is 8.37. The summed E-state index contributed by atoms with van der Waals surface area (Å²) in [4.78, 5) is 50.1. The summed E-state index contributed by atoms with van der Waals surface area (Å²) in [5, 5.41) is 11.2. The highest BCUT2D eigenvalue weighted by molar-refractivity contribution is 6.47. The maximum atomic E-state index is 14.4. The van der Waals surface area contributed by atoms with Crippen LogP contribution in [0, 0.1) is 23.2 Å². The molecule has 8 rings (SSSR count). The molecule has 2 bridgehead atoms. The van der Waals surface area contributed by atoms with Crippen molar-refractivity contribution in [2.75, 3.05) is 0 Å². The zero-order valence-electron chi connectivity index (χ0n) is 30.3. The highest BCUT2D eigenvalue weighted by atomic mass is 16.7. The number of benzene rings is 3. The van der Waals surface area contributed by atoms with Crippen LogP contribution in [0.3, 0.4) is 0 Å². The first-order valence-electron chi connectivity index (χ1n) is 18.5. The maximum absolute atomic E-state index is 14.4. The van der Waals surface area contributed by atoms with Crippen molar-refractivity contribution in [3.63, 3.8) is 0 Å². The fourth-order valence-electron chi connectivity index (χ4n) is 8.37.